The molecule has 6 heteroatoms. The minimum absolute atomic E-state index is 0.0906. The summed E-state index contributed by atoms with van der Waals surface area (Å²) in [5.41, 5.74) is 0.231. The minimum Gasteiger partial charge on any atom is -0.464 e. The second-order valence-corrected chi connectivity index (χ2v) is 6.02. The Morgan fingerprint density at radius 2 is 1.92 bits per heavy atom. The Labute approximate surface area is 140 Å². The van der Waals surface area contributed by atoms with Crippen molar-refractivity contribution in [2.75, 3.05) is 20.6 Å². The van der Waals surface area contributed by atoms with Gasteiger partial charge in [-0.15, -0.1) is 0 Å². The average Bonchev–Trinajstić information content (AvgIpc) is 2.93. The topological polar surface area (TPSA) is 36.7 Å². The fourth-order valence-electron chi connectivity index (χ4n) is 2.44. The van der Waals surface area contributed by atoms with Gasteiger partial charge in [0.05, 0.1) is 13.1 Å². The molecule has 0 aliphatic carbocycles. The maximum Gasteiger partial charge on any atom is 0.236 e. The summed E-state index contributed by atoms with van der Waals surface area (Å²) < 4.78 is 32.7. The number of carbonyl (C=O) groups is 1. The highest BCUT2D eigenvalue weighted by Crippen LogP contribution is 2.22. The van der Waals surface area contributed by atoms with E-state index in [4.69, 9.17) is 4.42 Å². The van der Waals surface area contributed by atoms with Crippen molar-refractivity contribution in [3.05, 3.63) is 59.1 Å². The summed E-state index contributed by atoms with van der Waals surface area (Å²) in [6, 6.07) is 6.58. The summed E-state index contributed by atoms with van der Waals surface area (Å²) in [6.45, 7) is 4.03. The van der Waals surface area contributed by atoms with Crippen LogP contribution in [-0.2, 0) is 11.3 Å². The fourth-order valence-corrected chi connectivity index (χ4v) is 2.44. The van der Waals surface area contributed by atoms with Crippen molar-refractivity contribution in [3.63, 3.8) is 0 Å². The van der Waals surface area contributed by atoms with E-state index in [0.29, 0.717) is 12.3 Å². The van der Waals surface area contributed by atoms with Crippen LogP contribution in [0.2, 0.25) is 0 Å². The largest absolute Gasteiger partial charge is 0.464 e. The van der Waals surface area contributed by atoms with E-state index in [2.05, 4.69) is 0 Å². The van der Waals surface area contributed by atoms with Crippen LogP contribution in [0.15, 0.2) is 34.7 Å². The number of halogens is 2. The van der Waals surface area contributed by atoms with Gasteiger partial charge in [-0.3, -0.25) is 9.69 Å². The molecule has 130 valence electrons. The molecule has 2 rings (SSSR count). The molecule has 0 saturated carbocycles. The number of nitrogens with zero attached hydrogens (tertiary/aromatic N) is 2. The first-order chi connectivity index (χ1) is 11.3. The van der Waals surface area contributed by atoms with Gasteiger partial charge in [0.25, 0.3) is 0 Å². The molecular formula is C18H22F2N2O2. The van der Waals surface area contributed by atoms with Gasteiger partial charge in [-0.1, -0.05) is 0 Å². The first kappa shape index (κ1) is 18.1. The van der Waals surface area contributed by atoms with Crippen LogP contribution in [-0.4, -0.2) is 36.3 Å². The molecule has 1 heterocycles. The van der Waals surface area contributed by atoms with Gasteiger partial charge in [-0.2, -0.15) is 0 Å². The number of benzene rings is 1. The predicted molar refractivity (Wildman–Crippen MR) is 87.3 cm³/mol. The van der Waals surface area contributed by atoms with E-state index in [0.717, 1.165) is 24.0 Å². The molecule has 0 bridgehead atoms. The molecule has 0 saturated heterocycles. The lowest BCUT2D eigenvalue weighted by atomic mass is 10.1. The maximum atomic E-state index is 13.9. The van der Waals surface area contributed by atoms with Crippen molar-refractivity contribution in [2.24, 2.45) is 0 Å². The molecule has 2 aromatic rings. The Hall–Kier alpha value is -2.21. The lowest BCUT2D eigenvalue weighted by Crippen LogP contribution is -2.37. The fraction of sp³-hybridized carbons (Fsp3) is 0.389. The van der Waals surface area contributed by atoms with Crippen LogP contribution in [0.5, 0.6) is 0 Å². The summed E-state index contributed by atoms with van der Waals surface area (Å²) >= 11 is 0. The molecule has 0 aliphatic rings. The highest BCUT2D eigenvalue weighted by atomic mass is 19.1. The van der Waals surface area contributed by atoms with Gasteiger partial charge in [0.15, 0.2) is 0 Å². The molecule has 1 amide bonds. The lowest BCUT2D eigenvalue weighted by molar-refractivity contribution is -0.132. The monoisotopic (exact) mass is 336 g/mol. The van der Waals surface area contributed by atoms with Crippen LogP contribution in [0.25, 0.3) is 0 Å². The van der Waals surface area contributed by atoms with Gasteiger partial charge in [-0.25, -0.2) is 8.78 Å². The first-order valence-corrected chi connectivity index (χ1v) is 7.72. The zero-order chi connectivity index (χ0) is 17.9. The van der Waals surface area contributed by atoms with Gasteiger partial charge >= 0.3 is 0 Å². The van der Waals surface area contributed by atoms with Gasteiger partial charge in [0.1, 0.15) is 23.2 Å². The van der Waals surface area contributed by atoms with E-state index >= 15 is 0 Å². The normalized spacial score (nSPS) is 12.5. The summed E-state index contributed by atoms with van der Waals surface area (Å²) in [5.74, 6) is 0.384. The van der Waals surface area contributed by atoms with E-state index < -0.39 is 17.7 Å². The van der Waals surface area contributed by atoms with Crippen molar-refractivity contribution in [3.8, 4) is 0 Å². The molecule has 0 aliphatic heterocycles. The molecule has 1 aromatic carbocycles. The summed E-state index contributed by atoms with van der Waals surface area (Å²) in [6.07, 6.45) is 0. The quantitative estimate of drug-likeness (QED) is 0.810. The van der Waals surface area contributed by atoms with Crippen molar-refractivity contribution in [1.29, 1.82) is 0 Å². The first-order valence-electron chi connectivity index (χ1n) is 7.72. The molecule has 4 nitrogen and oxygen atoms in total. The van der Waals surface area contributed by atoms with Crippen LogP contribution < -0.4 is 0 Å². The summed E-state index contributed by atoms with van der Waals surface area (Å²) in [7, 11) is 3.39. The molecule has 0 radical (unpaired) electrons. The predicted octanol–water partition coefficient (Wildman–Crippen LogP) is 3.52. The van der Waals surface area contributed by atoms with E-state index in [1.165, 1.54) is 0 Å². The minimum atomic E-state index is -0.497. The SMILES string of the molecule is Cc1ccc(CN(C)C(=O)CN(C)C(C)c2cc(F)ccc2F)o1. The molecule has 0 fully saturated rings. The Kier molecular flexibility index (Phi) is 5.72. The molecule has 1 unspecified atom stereocenters. The molecule has 1 aromatic heterocycles. The smallest absolute Gasteiger partial charge is 0.236 e. The van der Waals surface area contributed by atoms with Crippen LogP contribution in [0.4, 0.5) is 8.78 Å². The molecule has 24 heavy (non-hydrogen) atoms. The molecule has 0 spiro atoms. The Morgan fingerprint density at radius 3 is 2.54 bits per heavy atom. The third-order valence-corrected chi connectivity index (χ3v) is 4.07. The third-order valence-electron chi connectivity index (χ3n) is 4.07. The van der Waals surface area contributed by atoms with Gasteiger partial charge in [0.2, 0.25) is 5.91 Å². The number of hydrogen-bond acceptors (Lipinski definition) is 3. The zero-order valence-electron chi connectivity index (χ0n) is 14.3. The molecular weight excluding hydrogens is 314 g/mol. The summed E-state index contributed by atoms with van der Waals surface area (Å²) in [5, 5.41) is 0. The Balaban J connectivity index is 1.98. The van der Waals surface area contributed by atoms with E-state index in [9.17, 15) is 13.6 Å². The van der Waals surface area contributed by atoms with E-state index in [-0.39, 0.29) is 18.0 Å². The van der Waals surface area contributed by atoms with Crippen molar-refractivity contribution >= 4 is 5.91 Å². The van der Waals surface area contributed by atoms with Gasteiger partial charge in [0, 0.05) is 18.7 Å². The average molecular weight is 336 g/mol. The zero-order valence-corrected chi connectivity index (χ0v) is 14.3. The van der Waals surface area contributed by atoms with Gasteiger partial charge < -0.3 is 9.32 Å². The number of aryl methyl sites for hydroxylation is 1. The number of amides is 1. The lowest BCUT2D eigenvalue weighted by Gasteiger charge is -2.27. The number of hydrogen-bond donors (Lipinski definition) is 0. The van der Waals surface area contributed by atoms with Crippen molar-refractivity contribution in [1.82, 2.24) is 9.80 Å². The van der Waals surface area contributed by atoms with Gasteiger partial charge in [-0.05, 0) is 51.2 Å². The number of furan rings is 1. The highest BCUT2D eigenvalue weighted by molar-refractivity contribution is 5.77. The van der Waals surface area contributed by atoms with Crippen LogP contribution >= 0.6 is 0 Å². The second-order valence-electron chi connectivity index (χ2n) is 6.02. The van der Waals surface area contributed by atoms with E-state index in [1.807, 2.05) is 19.1 Å². The number of likely N-dealkylation sites (N-methyl/N-ethyl adjacent to an activating group) is 2. The second kappa shape index (κ2) is 7.57. The highest BCUT2D eigenvalue weighted by Gasteiger charge is 2.20. The summed E-state index contributed by atoms with van der Waals surface area (Å²) in [4.78, 5) is 15.6. The standard InChI is InChI=1S/C18H22F2N2O2/c1-12-5-7-15(24-12)10-22(4)18(23)11-21(3)13(2)16-9-14(19)6-8-17(16)20/h5-9,13H,10-11H2,1-4H3. The van der Waals surface area contributed by atoms with Crippen molar-refractivity contribution in [2.45, 2.75) is 26.4 Å². The maximum absolute atomic E-state index is 13.9. The Bertz CT molecular complexity index is 715. The third kappa shape index (κ3) is 4.41. The van der Waals surface area contributed by atoms with Crippen LogP contribution in [0, 0.1) is 18.6 Å². The number of carbonyl (C=O) groups excluding carboxylic acids is 1. The Morgan fingerprint density at radius 1 is 1.21 bits per heavy atom. The molecule has 0 N–H and O–H groups in total. The van der Waals surface area contributed by atoms with Crippen molar-refractivity contribution < 1.29 is 18.0 Å². The molecule has 1 atom stereocenters. The van der Waals surface area contributed by atoms with E-state index in [1.54, 1.807) is 30.8 Å². The van der Waals surface area contributed by atoms with Crippen LogP contribution in [0.1, 0.15) is 30.0 Å². The van der Waals surface area contributed by atoms with Crippen LogP contribution in [0.3, 0.4) is 0 Å². The number of rotatable bonds is 6.